The third-order valence-electron chi connectivity index (χ3n) is 4.12. The molecular formula is C18H16F3NO3S. The number of amides is 1. The van der Waals surface area contributed by atoms with Gasteiger partial charge in [0.1, 0.15) is 5.37 Å². The molecule has 3 rings (SSSR count). The summed E-state index contributed by atoms with van der Waals surface area (Å²) in [6.45, 7) is -0.159. The number of ether oxygens (including phenoxy) is 2. The zero-order valence-electron chi connectivity index (χ0n) is 14.1. The number of carbonyl (C=O) groups is 1. The van der Waals surface area contributed by atoms with E-state index >= 15 is 0 Å². The van der Waals surface area contributed by atoms with Gasteiger partial charge in [0.05, 0.1) is 26.5 Å². The number of halogens is 3. The van der Waals surface area contributed by atoms with Crippen molar-refractivity contribution in [1.29, 1.82) is 0 Å². The number of hydrogen-bond acceptors (Lipinski definition) is 4. The minimum atomic E-state index is -1.54. The number of benzene rings is 2. The molecule has 0 bridgehead atoms. The first-order valence-corrected chi connectivity index (χ1v) is 8.76. The summed E-state index contributed by atoms with van der Waals surface area (Å²) in [5, 5.41) is -0.394. The highest BCUT2D eigenvalue weighted by Crippen LogP contribution is 2.42. The molecule has 1 heterocycles. The van der Waals surface area contributed by atoms with E-state index < -0.39 is 22.8 Å². The third-order valence-corrected chi connectivity index (χ3v) is 5.37. The van der Waals surface area contributed by atoms with Crippen molar-refractivity contribution in [3.8, 4) is 11.5 Å². The van der Waals surface area contributed by atoms with Crippen LogP contribution in [-0.2, 0) is 11.3 Å². The van der Waals surface area contributed by atoms with Crippen LogP contribution >= 0.6 is 11.8 Å². The minimum Gasteiger partial charge on any atom is -0.493 e. The van der Waals surface area contributed by atoms with Crippen LogP contribution in [0.25, 0.3) is 0 Å². The maximum absolute atomic E-state index is 14.0. The molecule has 2 aromatic carbocycles. The zero-order valence-corrected chi connectivity index (χ0v) is 14.9. The Morgan fingerprint density at radius 3 is 2.50 bits per heavy atom. The molecule has 1 unspecified atom stereocenters. The van der Waals surface area contributed by atoms with E-state index in [1.165, 1.54) is 30.9 Å². The van der Waals surface area contributed by atoms with Gasteiger partial charge in [-0.1, -0.05) is 12.1 Å². The summed E-state index contributed by atoms with van der Waals surface area (Å²) in [4.78, 5) is 13.7. The SMILES string of the molecule is COc1ccc(C2SCC(=O)N2Cc2ccc(F)c(F)c2F)cc1OC. The Bertz CT molecular complexity index is 847. The average Bonchev–Trinajstić information content (AvgIpc) is 3.02. The Morgan fingerprint density at radius 1 is 1.08 bits per heavy atom. The summed E-state index contributed by atoms with van der Waals surface area (Å²) < 4.78 is 51.1. The van der Waals surface area contributed by atoms with Crippen LogP contribution in [0.3, 0.4) is 0 Å². The van der Waals surface area contributed by atoms with Crippen LogP contribution in [0.15, 0.2) is 30.3 Å². The second-order valence-electron chi connectivity index (χ2n) is 5.63. The van der Waals surface area contributed by atoms with E-state index in [1.807, 2.05) is 0 Å². The molecule has 1 aliphatic heterocycles. The van der Waals surface area contributed by atoms with Crippen molar-refractivity contribution < 1.29 is 27.4 Å². The standard InChI is InChI=1S/C18H16F3NO3S/c1-24-13-6-4-10(7-14(13)25-2)18-22(15(23)9-26-18)8-11-3-5-12(19)17(21)16(11)20/h3-7,18H,8-9H2,1-2H3. The average molecular weight is 383 g/mol. The third kappa shape index (κ3) is 3.33. The summed E-state index contributed by atoms with van der Waals surface area (Å²) in [6, 6.07) is 7.24. The van der Waals surface area contributed by atoms with Crippen molar-refractivity contribution in [2.45, 2.75) is 11.9 Å². The number of rotatable bonds is 5. The molecule has 0 saturated carbocycles. The van der Waals surface area contributed by atoms with Gasteiger partial charge in [0.25, 0.3) is 0 Å². The molecular weight excluding hydrogens is 367 g/mol. The fraction of sp³-hybridized carbons (Fsp3) is 0.278. The lowest BCUT2D eigenvalue weighted by Gasteiger charge is -2.25. The summed E-state index contributed by atoms with van der Waals surface area (Å²) >= 11 is 1.37. The van der Waals surface area contributed by atoms with E-state index in [-0.39, 0.29) is 23.8 Å². The largest absolute Gasteiger partial charge is 0.493 e. The first-order chi connectivity index (χ1) is 12.5. The smallest absolute Gasteiger partial charge is 0.234 e. The van der Waals surface area contributed by atoms with Crippen LogP contribution < -0.4 is 9.47 Å². The lowest BCUT2D eigenvalue weighted by Crippen LogP contribution is -2.28. The number of thioether (sulfide) groups is 1. The van der Waals surface area contributed by atoms with Gasteiger partial charge in [-0.3, -0.25) is 4.79 Å². The van der Waals surface area contributed by atoms with E-state index in [0.717, 1.165) is 17.7 Å². The van der Waals surface area contributed by atoms with Crippen molar-refractivity contribution in [3.63, 3.8) is 0 Å². The quantitative estimate of drug-likeness (QED) is 0.735. The van der Waals surface area contributed by atoms with E-state index in [9.17, 15) is 18.0 Å². The molecule has 2 aromatic rings. The van der Waals surface area contributed by atoms with E-state index in [0.29, 0.717) is 11.5 Å². The predicted octanol–water partition coefficient (Wildman–Crippen LogP) is 3.90. The molecule has 8 heteroatoms. The Hall–Kier alpha value is -2.35. The van der Waals surface area contributed by atoms with E-state index in [4.69, 9.17) is 9.47 Å². The first-order valence-electron chi connectivity index (χ1n) is 7.71. The summed E-state index contributed by atoms with van der Waals surface area (Å²) in [7, 11) is 3.02. The van der Waals surface area contributed by atoms with Gasteiger partial charge in [0.15, 0.2) is 29.0 Å². The number of nitrogens with zero attached hydrogens (tertiary/aromatic N) is 1. The van der Waals surface area contributed by atoms with Crippen molar-refractivity contribution in [3.05, 3.63) is 58.9 Å². The Balaban J connectivity index is 1.91. The van der Waals surface area contributed by atoms with Crippen molar-refractivity contribution >= 4 is 17.7 Å². The van der Waals surface area contributed by atoms with Gasteiger partial charge in [0.2, 0.25) is 5.91 Å². The first kappa shape index (κ1) is 18.4. The number of methoxy groups -OCH3 is 2. The molecule has 1 amide bonds. The second kappa shape index (κ2) is 7.49. The van der Waals surface area contributed by atoms with Gasteiger partial charge in [0, 0.05) is 5.56 Å². The minimum absolute atomic E-state index is 0.0785. The Kier molecular flexibility index (Phi) is 5.31. The molecule has 0 spiro atoms. The zero-order chi connectivity index (χ0) is 18.8. The highest BCUT2D eigenvalue weighted by molar-refractivity contribution is 8.00. The summed E-state index contributed by atoms with van der Waals surface area (Å²) in [5.41, 5.74) is 0.687. The van der Waals surface area contributed by atoms with Crippen LogP contribution in [0.5, 0.6) is 11.5 Å². The van der Waals surface area contributed by atoms with Crippen molar-refractivity contribution in [1.82, 2.24) is 4.90 Å². The molecule has 138 valence electrons. The lowest BCUT2D eigenvalue weighted by atomic mass is 10.1. The van der Waals surface area contributed by atoms with Crippen LogP contribution in [-0.4, -0.2) is 30.8 Å². The van der Waals surface area contributed by atoms with Crippen LogP contribution in [0.4, 0.5) is 13.2 Å². The fourth-order valence-corrected chi connectivity index (χ4v) is 3.96. The molecule has 0 aromatic heterocycles. The van der Waals surface area contributed by atoms with Gasteiger partial charge < -0.3 is 14.4 Å². The van der Waals surface area contributed by atoms with Crippen molar-refractivity contribution in [2.24, 2.45) is 0 Å². The van der Waals surface area contributed by atoms with Gasteiger partial charge in [-0.2, -0.15) is 0 Å². The highest BCUT2D eigenvalue weighted by atomic mass is 32.2. The van der Waals surface area contributed by atoms with Crippen LogP contribution in [0, 0.1) is 17.5 Å². The highest BCUT2D eigenvalue weighted by Gasteiger charge is 2.34. The monoisotopic (exact) mass is 383 g/mol. The van der Waals surface area contributed by atoms with Crippen LogP contribution in [0.2, 0.25) is 0 Å². The van der Waals surface area contributed by atoms with E-state index in [2.05, 4.69) is 0 Å². The van der Waals surface area contributed by atoms with E-state index in [1.54, 1.807) is 18.2 Å². The molecule has 0 radical (unpaired) electrons. The topological polar surface area (TPSA) is 38.8 Å². The molecule has 1 aliphatic rings. The molecule has 0 aliphatic carbocycles. The maximum Gasteiger partial charge on any atom is 0.234 e. The normalized spacial score (nSPS) is 16.9. The molecule has 1 fully saturated rings. The second-order valence-corrected chi connectivity index (χ2v) is 6.70. The Morgan fingerprint density at radius 2 is 1.81 bits per heavy atom. The lowest BCUT2D eigenvalue weighted by molar-refractivity contribution is -0.128. The van der Waals surface area contributed by atoms with Gasteiger partial charge in [-0.05, 0) is 23.8 Å². The number of hydrogen-bond donors (Lipinski definition) is 0. The van der Waals surface area contributed by atoms with Crippen LogP contribution in [0.1, 0.15) is 16.5 Å². The Labute approximate surface area is 152 Å². The summed E-state index contributed by atoms with van der Waals surface area (Å²) in [6.07, 6.45) is 0. The molecule has 26 heavy (non-hydrogen) atoms. The number of carbonyl (C=O) groups excluding carboxylic acids is 1. The maximum atomic E-state index is 14.0. The predicted molar refractivity (Wildman–Crippen MR) is 91.6 cm³/mol. The summed E-state index contributed by atoms with van der Waals surface area (Å²) in [5.74, 6) is -3.02. The van der Waals surface area contributed by atoms with Gasteiger partial charge in [-0.15, -0.1) is 11.8 Å². The molecule has 1 saturated heterocycles. The molecule has 4 nitrogen and oxygen atoms in total. The van der Waals surface area contributed by atoms with Crippen molar-refractivity contribution in [2.75, 3.05) is 20.0 Å². The fourth-order valence-electron chi connectivity index (χ4n) is 2.78. The van der Waals surface area contributed by atoms with Gasteiger partial charge in [-0.25, -0.2) is 13.2 Å². The van der Waals surface area contributed by atoms with Gasteiger partial charge >= 0.3 is 0 Å². The molecule has 0 N–H and O–H groups in total. The molecule has 1 atom stereocenters.